The number of nitrogens with zero attached hydrogens (tertiary/aromatic N) is 3. The Labute approximate surface area is 182 Å². The highest BCUT2D eigenvalue weighted by Crippen LogP contribution is 2.33. The predicted octanol–water partition coefficient (Wildman–Crippen LogP) is 6.36. The molecule has 0 spiro atoms. The second-order valence-electron chi connectivity index (χ2n) is 7.82. The normalized spacial score (nSPS) is 12.9. The third kappa shape index (κ3) is 4.36. The number of fused-ring (bicyclic) bond motifs is 1. The first-order valence-corrected chi connectivity index (χ1v) is 10.6. The maximum atomic E-state index is 4.79. The van der Waals surface area contributed by atoms with Crippen molar-refractivity contribution in [2.24, 2.45) is 0 Å². The van der Waals surface area contributed by atoms with E-state index in [0.717, 1.165) is 42.3 Å². The predicted molar refractivity (Wildman–Crippen MR) is 128 cm³/mol. The Morgan fingerprint density at radius 3 is 2.35 bits per heavy atom. The molecule has 0 amide bonds. The first kappa shape index (κ1) is 19.1. The van der Waals surface area contributed by atoms with Gasteiger partial charge in [-0.1, -0.05) is 35.9 Å². The SMILES string of the molecule is Cc1ccc2c(c1)CCCN2c1ccnc(Nc2ccc(Nc3ccccc3)cc2)n1. The fraction of sp³-hybridized carbons (Fsp3) is 0.154. The smallest absolute Gasteiger partial charge is 0.229 e. The molecule has 1 aliphatic heterocycles. The fourth-order valence-electron chi connectivity index (χ4n) is 3.98. The number of hydrogen-bond acceptors (Lipinski definition) is 5. The minimum Gasteiger partial charge on any atom is -0.356 e. The molecule has 0 saturated carbocycles. The number of benzene rings is 3. The zero-order chi connectivity index (χ0) is 21.0. The van der Waals surface area contributed by atoms with Gasteiger partial charge in [0.05, 0.1) is 0 Å². The summed E-state index contributed by atoms with van der Waals surface area (Å²) in [6.07, 6.45) is 4.06. The van der Waals surface area contributed by atoms with E-state index in [2.05, 4.69) is 45.6 Å². The molecular weight excluding hydrogens is 382 g/mol. The van der Waals surface area contributed by atoms with Crippen molar-refractivity contribution in [1.29, 1.82) is 0 Å². The summed E-state index contributed by atoms with van der Waals surface area (Å²) in [6, 6.07) is 26.9. The third-order valence-corrected chi connectivity index (χ3v) is 5.47. The number of hydrogen-bond donors (Lipinski definition) is 2. The fourth-order valence-corrected chi connectivity index (χ4v) is 3.98. The van der Waals surface area contributed by atoms with Crippen LogP contribution in [0.2, 0.25) is 0 Å². The molecule has 0 bridgehead atoms. The second-order valence-corrected chi connectivity index (χ2v) is 7.82. The lowest BCUT2D eigenvalue weighted by molar-refractivity contribution is 0.758. The molecule has 1 aromatic heterocycles. The van der Waals surface area contributed by atoms with Gasteiger partial charge in [-0.2, -0.15) is 4.98 Å². The van der Waals surface area contributed by atoms with Crippen molar-refractivity contribution in [3.8, 4) is 0 Å². The van der Waals surface area contributed by atoms with E-state index in [1.54, 1.807) is 0 Å². The van der Waals surface area contributed by atoms with Gasteiger partial charge < -0.3 is 15.5 Å². The van der Waals surface area contributed by atoms with Crippen molar-refractivity contribution in [2.75, 3.05) is 22.1 Å². The van der Waals surface area contributed by atoms with E-state index >= 15 is 0 Å². The van der Waals surface area contributed by atoms with Crippen LogP contribution in [-0.4, -0.2) is 16.5 Å². The molecule has 2 heterocycles. The van der Waals surface area contributed by atoms with Crippen LogP contribution in [0.1, 0.15) is 17.5 Å². The van der Waals surface area contributed by atoms with Crippen molar-refractivity contribution < 1.29 is 0 Å². The molecule has 1 aliphatic rings. The monoisotopic (exact) mass is 407 g/mol. The highest BCUT2D eigenvalue weighted by atomic mass is 15.2. The first-order valence-electron chi connectivity index (χ1n) is 10.6. The largest absolute Gasteiger partial charge is 0.356 e. The highest BCUT2D eigenvalue weighted by molar-refractivity contribution is 5.68. The maximum Gasteiger partial charge on any atom is 0.229 e. The van der Waals surface area contributed by atoms with Crippen molar-refractivity contribution in [3.63, 3.8) is 0 Å². The van der Waals surface area contributed by atoms with Gasteiger partial charge in [0.15, 0.2) is 0 Å². The van der Waals surface area contributed by atoms with Gasteiger partial charge in [0.1, 0.15) is 5.82 Å². The summed E-state index contributed by atoms with van der Waals surface area (Å²) in [6.45, 7) is 3.11. The Morgan fingerprint density at radius 2 is 1.55 bits per heavy atom. The van der Waals surface area contributed by atoms with Crippen LogP contribution in [0.4, 0.5) is 34.5 Å². The van der Waals surface area contributed by atoms with Crippen molar-refractivity contribution in [3.05, 3.63) is 96.2 Å². The Bertz CT molecular complexity index is 1170. The molecule has 5 nitrogen and oxygen atoms in total. The maximum absolute atomic E-state index is 4.79. The van der Waals surface area contributed by atoms with Crippen LogP contribution < -0.4 is 15.5 Å². The molecule has 2 N–H and O–H groups in total. The second kappa shape index (κ2) is 8.48. The zero-order valence-corrected chi connectivity index (χ0v) is 17.5. The van der Waals surface area contributed by atoms with E-state index in [9.17, 15) is 0 Å². The topological polar surface area (TPSA) is 53.1 Å². The van der Waals surface area contributed by atoms with Crippen molar-refractivity contribution in [2.45, 2.75) is 19.8 Å². The Balaban J connectivity index is 1.32. The summed E-state index contributed by atoms with van der Waals surface area (Å²) in [5, 5.41) is 6.73. The Morgan fingerprint density at radius 1 is 0.806 bits per heavy atom. The van der Waals surface area contributed by atoms with Crippen LogP contribution >= 0.6 is 0 Å². The zero-order valence-electron chi connectivity index (χ0n) is 17.5. The number of para-hydroxylation sites is 1. The van der Waals surface area contributed by atoms with E-state index in [1.165, 1.54) is 16.8 Å². The Kier molecular flexibility index (Phi) is 5.23. The molecule has 0 saturated heterocycles. The van der Waals surface area contributed by atoms with E-state index in [-0.39, 0.29) is 0 Å². The minimum atomic E-state index is 0.598. The summed E-state index contributed by atoms with van der Waals surface area (Å²) in [7, 11) is 0. The number of anilines is 6. The summed E-state index contributed by atoms with van der Waals surface area (Å²) in [4.78, 5) is 11.5. The molecule has 0 aliphatic carbocycles. The van der Waals surface area contributed by atoms with Crippen molar-refractivity contribution in [1.82, 2.24) is 9.97 Å². The van der Waals surface area contributed by atoms with Gasteiger partial charge in [0.2, 0.25) is 5.95 Å². The molecule has 31 heavy (non-hydrogen) atoms. The van der Waals surface area contributed by atoms with Gasteiger partial charge in [0.25, 0.3) is 0 Å². The minimum absolute atomic E-state index is 0.598. The van der Waals surface area contributed by atoms with Crippen LogP contribution in [0, 0.1) is 6.92 Å². The van der Waals surface area contributed by atoms with Crippen molar-refractivity contribution >= 4 is 34.5 Å². The van der Waals surface area contributed by atoms with Gasteiger partial charge in [-0.15, -0.1) is 0 Å². The molecule has 5 rings (SSSR count). The molecule has 3 aromatic carbocycles. The van der Waals surface area contributed by atoms with Crippen LogP contribution in [-0.2, 0) is 6.42 Å². The quantitative estimate of drug-likeness (QED) is 0.403. The van der Waals surface area contributed by atoms with E-state index < -0.39 is 0 Å². The average molecular weight is 408 g/mol. The molecule has 5 heteroatoms. The molecule has 154 valence electrons. The van der Waals surface area contributed by atoms with E-state index in [1.807, 2.05) is 66.9 Å². The van der Waals surface area contributed by atoms with Gasteiger partial charge in [-0.3, -0.25) is 0 Å². The van der Waals surface area contributed by atoms with Crippen LogP contribution in [0.3, 0.4) is 0 Å². The van der Waals surface area contributed by atoms with Crippen LogP contribution in [0.15, 0.2) is 85.1 Å². The van der Waals surface area contributed by atoms with E-state index in [0.29, 0.717) is 5.95 Å². The highest BCUT2D eigenvalue weighted by Gasteiger charge is 2.19. The van der Waals surface area contributed by atoms with Gasteiger partial charge in [-0.05, 0) is 73.9 Å². The lowest BCUT2D eigenvalue weighted by Crippen LogP contribution is -2.25. The Hall–Kier alpha value is -3.86. The molecule has 0 unspecified atom stereocenters. The third-order valence-electron chi connectivity index (χ3n) is 5.47. The van der Waals surface area contributed by atoms with Gasteiger partial charge in [-0.25, -0.2) is 4.98 Å². The molecule has 4 aromatic rings. The lowest BCUT2D eigenvalue weighted by Gasteiger charge is -2.30. The van der Waals surface area contributed by atoms with E-state index in [4.69, 9.17) is 4.98 Å². The average Bonchev–Trinajstić information content (AvgIpc) is 2.81. The number of aryl methyl sites for hydroxylation is 2. The summed E-state index contributed by atoms with van der Waals surface area (Å²) in [5.74, 6) is 1.52. The number of rotatable bonds is 5. The number of aromatic nitrogens is 2. The molecule has 0 atom stereocenters. The molecule has 0 fully saturated rings. The van der Waals surface area contributed by atoms with Crippen LogP contribution in [0.5, 0.6) is 0 Å². The summed E-state index contributed by atoms with van der Waals surface area (Å²) < 4.78 is 0. The number of nitrogens with one attached hydrogen (secondary N) is 2. The summed E-state index contributed by atoms with van der Waals surface area (Å²) >= 11 is 0. The molecule has 0 radical (unpaired) electrons. The van der Waals surface area contributed by atoms with Crippen LogP contribution in [0.25, 0.3) is 0 Å². The van der Waals surface area contributed by atoms with Gasteiger partial charge >= 0.3 is 0 Å². The standard InChI is InChI=1S/C26H25N5/c1-19-9-14-24-20(18-19)6-5-17-31(24)25-15-16-27-26(30-25)29-23-12-10-22(11-13-23)28-21-7-3-2-4-8-21/h2-4,7-16,18,28H,5-6,17H2,1H3,(H,27,29,30). The lowest BCUT2D eigenvalue weighted by atomic mass is 9.99. The molecular formula is C26H25N5. The summed E-state index contributed by atoms with van der Waals surface area (Å²) in [5.41, 5.74) is 6.99. The van der Waals surface area contributed by atoms with Gasteiger partial charge in [0, 0.05) is 35.5 Å². The first-order chi connectivity index (χ1) is 15.2.